The van der Waals surface area contributed by atoms with Gasteiger partial charge in [-0.2, -0.15) is 4.98 Å². The Morgan fingerprint density at radius 3 is 2.52 bits per heavy atom. The highest BCUT2D eigenvalue weighted by atomic mass is 16.5. The number of hydrogen-bond acceptors (Lipinski definition) is 6. The molecular formula is C13H14N4O4. The van der Waals surface area contributed by atoms with Crippen LogP contribution in [0.2, 0.25) is 0 Å². The van der Waals surface area contributed by atoms with Gasteiger partial charge in [0.05, 0.1) is 11.1 Å². The number of carbonyl (C=O) groups is 2. The van der Waals surface area contributed by atoms with E-state index in [9.17, 15) is 9.59 Å². The minimum Gasteiger partial charge on any atom is -0.477 e. The first-order valence-corrected chi connectivity index (χ1v) is 6.12. The molecule has 0 radical (unpaired) electrons. The Morgan fingerprint density at radius 1 is 1.33 bits per heavy atom. The van der Waals surface area contributed by atoms with Crippen LogP contribution in [0.1, 0.15) is 46.4 Å². The number of nitrogens with one attached hydrogen (secondary N) is 1. The molecule has 0 saturated carbocycles. The lowest BCUT2D eigenvalue weighted by atomic mass is 10.0. The first kappa shape index (κ1) is 14.6. The van der Waals surface area contributed by atoms with E-state index in [0.29, 0.717) is 11.7 Å². The van der Waals surface area contributed by atoms with E-state index in [0.717, 1.165) is 0 Å². The van der Waals surface area contributed by atoms with Crippen LogP contribution in [-0.2, 0) is 5.54 Å². The Balaban J connectivity index is 2.15. The second-order valence-corrected chi connectivity index (χ2v) is 4.95. The summed E-state index contributed by atoms with van der Waals surface area (Å²) in [5, 5.41) is 15.3. The quantitative estimate of drug-likeness (QED) is 0.866. The van der Waals surface area contributed by atoms with Crippen molar-refractivity contribution in [1.29, 1.82) is 0 Å². The van der Waals surface area contributed by atoms with Crippen LogP contribution in [-0.4, -0.2) is 32.1 Å². The molecule has 110 valence electrons. The van der Waals surface area contributed by atoms with Crippen molar-refractivity contribution in [2.75, 3.05) is 0 Å². The number of aromatic carboxylic acids is 1. The highest BCUT2D eigenvalue weighted by Crippen LogP contribution is 2.17. The normalized spacial score (nSPS) is 11.2. The van der Waals surface area contributed by atoms with E-state index in [2.05, 4.69) is 20.4 Å². The van der Waals surface area contributed by atoms with Gasteiger partial charge in [-0.3, -0.25) is 4.79 Å². The lowest BCUT2D eigenvalue weighted by molar-refractivity contribution is 0.0689. The maximum Gasteiger partial charge on any atom is 0.354 e. The molecule has 1 amide bonds. The molecule has 2 rings (SSSR count). The zero-order valence-electron chi connectivity index (χ0n) is 11.7. The lowest BCUT2D eigenvalue weighted by Gasteiger charge is -2.22. The average Bonchev–Trinajstić information content (AvgIpc) is 2.86. The molecule has 8 heteroatoms. The molecular weight excluding hydrogens is 276 g/mol. The number of pyridine rings is 1. The molecule has 2 heterocycles. The summed E-state index contributed by atoms with van der Waals surface area (Å²) in [5.74, 6) is -0.806. The maximum absolute atomic E-state index is 12.1. The predicted molar refractivity (Wildman–Crippen MR) is 70.7 cm³/mol. The molecule has 0 bridgehead atoms. The number of carboxylic acid groups (broad SMARTS) is 1. The van der Waals surface area contributed by atoms with Gasteiger partial charge in [-0.1, -0.05) is 5.16 Å². The molecule has 0 aliphatic heterocycles. The van der Waals surface area contributed by atoms with E-state index in [1.54, 1.807) is 20.8 Å². The second-order valence-electron chi connectivity index (χ2n) is 4.95. The van der Waals surface area contributed by atoms with Crippen molar-refractivity contribution >= 4 is 11.9 Å². The van der Waals surface area contributed by atoms with E-state index >= 15 is 0 Å². The van der Waals surface area contributed by atoms with Crippen molar-refractivity contribution in [3.05, 3.63) is 41.3 Å². The lowest BCUT2D eigenvalue weighted by Crippen LogP contribution is -2.41. The van der Waals surface area contributed by atoms with E-state index in [4.69, 9.17) is 9.63 Å². The molecule has 21 heavy (non-hydrogen) atoms. The molecule has 0 saturated heterocycles. The molecule has 2 aromatic heterocycles. The summed E-state index contributed by atoms with van der Waals surface area (Å²) in [4.78, 5) is 30.6. The first-order valence-electron chi connectivity index (χ1n) is 6.12. The SMILES string of the molecule is Cc1nc(C(C)(C)NC(=O)c2ccc(C(=O)O)nc2)no1. The van der Waals surface area contributed by atoms with Gasteiger partial charge in [0.15, 0.2) is 5.82 Å². The minimum atomic E-state index is -1.15. The van der Waals surface area contributed by atoms with Crippen molar-refractivity contribution < 1.29 is 19.2 Å². The van der Waals surface area contributed by atoms with Crippen LogP contribution in [0, 0.1) is 6.92 Å². The number of amides is 1. The number of aryl methyl sites for hydroxylation is 1. The Hall–Kier alpha value is -2.77. The van der Waals surface area contributed by atoms with E-state index in [1.165, 1.54) is 18.3 Å². The van der Waals surface area contributed by atoms with Crippen LogP contribution in [0.3, 0.4) is 0 Å². The smallest absolute Gasteiger partial charge is 0.354 e. The number of hydrogen-bond donors (Lipinski definition) is 2. The zero-order chi connectivity index (χ0) is 15.6. The van der Waals surface area contributed by atoms with Crippen LogP contribution in [0.15, 0.2) is 22.9 Å². The van der Waals surface area contributed by atoms with E-state index < -0.39 is 17.4 Å². The van der Waals surface area contributed by atoms with Crippen LogP contribution in [0.5, 0.6) is 0 Å². The summed E-state index contributed by atoms with van der Waals surface area (Å²) in [6.45, 7) is 5.12. The van der Waals surface area contributed by atoms with Crippen LogP contribution >= 0.6 is 0 Å². The Labute approximate surface area is 120 Å². The number of aromatic nitrogens is 3. The standard InChI is InChI=1S/C13H14N4O4/c1-7-15-12(17-21-7)13(2,3)16-10(18)8-4-5-9(11(19)20)14-6-8/h4-6H,1-3H3,(H,16,18)(H,19,20). The van der Waals surface area contributed by atoms with Crippen molar-refractivity contribution in [2.24, 2.45) is 0 Å². The van der Waals surface area contributed by atoms with Crippen molar-refractivity contribution in [3.63, 3.8) is 0 Å². The van der Waals surface area contributed by atoms with Crippen LogP contribution < -0.4 is 5.32 Å². The average molecular weight is 290 g/mol. The molecule has 0 unspecified atom stereocenters. The number of carboxylic acids is 1. The fraction of sp³-hybridized carbons (Fsp3) is 0.308. The van der Waals surface area contributed by atoms with Gasteiger partial charge in [0.1, 0.15) is 5.69 Å². The zero-order valence-corrected chi connectivity index (χ0v) is 11.7. The van der Waals surface area contributed by atoms with Gasteiger partial charge in [0, 0.05) is 13.1 Å². The summed E-state index contributed by atoms with van der Waals surface area (Å²) in [6, 6.07) is 2.66. The summed E-state index contributed by atoms with van der Waals surface area (Å²) >= 11 is 0. The predicted octanol–water partition coefficient (Wildman–Crippen LogP) is 1.14. The van der Waals surface area contributed by atoms with Gasteiger partial charge in [0.25, 0.3) is 5.91 Å². The number of nitrogens with zero attached hydrogens (tertiary/aromatic N) is 3. The third-order valence-electron chi connectivity index (χ3n) is 2.76. The van der Waals surface area contributed by atoms with E-state index in [-0.39, 0.29) is 11.3 Å². The summed E-state index contributed by atoms with van der Waals surface area (Å²) in [7, 11) is 0. The molecule has 0 aliphatic rings. The van der Waals surface area contributed by atoms with Crippen molar-refractivity contribution in [2.45, 2.75) is 26.3 Å². The maximum atomic E-state index is 12.1. The Morgan fingerprint density at radius 2 is 2.05 bits per heavy atom. The fourth-order valence-corrected chi connectivity index (χ4v) is 1.62. The highest BCUT2D eigenvalue weighted by molar-refractivity contribution is 5.95. The molecule has 0 atom stereocenters. The highest BCUT2D eigenvalue weighted by Gasteiger charge is 2.28. The van der Waals surface area contributed by atoms with Crippen molar-refractivity contribution in [3.8, 4) is 0 Å². The third-order valence-corrected chi connectivity index (χ3v) is 2.76. The monoisotopic (exact) mass is 290 g/mol. The summed E-state index contributed by atoms with van der Waals surface area (Å²) in [5.41, 5.74) is -0.715. The molecule has 0 aliphatic carbocycles. The fourth-order valence-electron chi connectivity index (χ4n) is 1.62. The van der Waals surface area contributed by atoms with E-state index in [1.807, 2.05) is 0 Å². The van der Waals surface area contributed by atoms with Crippen LogP contribution in [0.4, 0.5) is 0 Å². The van der Waals surface area contributed by atoms with Gasteiger partial charge in [0.2, 0.25) is 5.89 Å². The second kappa shape index (κ2) is 5.31. The number of rotatable bonds is 4. The molecule has 0 fully saturated rings. The molecule has 2 N–H and O–H groups in total. The van der Waals surface area contributed by atoms with Gasteiger partial charge >= 0.3 is 5.97 Å². The summed E-state index contributed by atoms with van der Waals surface area (Å²) < 4.78 is 4.89. The Bertz CT molecular complexity index is 676. The largest absolute Gasteiger partial charge is 0.477 e. The third kappa shape index (κ3) is 3.22. The van der Waals surface area contributed by atoms with Gasteiger partial charge in [-0.05, 0) is 26.0 Å². The van der Waals surface area contributed by atoms with Crippen molar-refractivity contribution in [1.82, 2.24) is 20.4 Å². The van der Waals surface area contributed by atoms with Crippen LogP contribution in [0.25, 0.3) is 0 Å². The molecule has 8 nitrogen and oxygen atoms in total. The van der Waals surface area contributed by atoms with Gasteiger partial charge < -0.3 is 14.9 Å². The minimum absolute atomic E-state index is 0.125. The molecule has 0 aromatic carbocycles. The summed E-state index contributed by atoms with van der Waals surface area (Å²) in [6.07, 6.45) is 1.20. The molecule has 2 aromatic rings. The van der Waals surface area contributed by atoms with Gasteiger partial charge in [-0.25, -0.2) is 9.78 Å². The Kier molecular flexibility index (Phi) is 3.70. The first-order chi connectivity index (χ1) is 9.79. The molecule has 0 spiro atoms. The number of carbonyl (C=O) groups excluding carboxylic acids is 1. The van der Waals surface area contributed by atoms with Gasteiger partial charge in [-0.15, -0.1) is 0 Å². The topological polar surface area (TPSA) is 118 Å².